The van der Waals surface area contributed by atoms with Gasteiger partial charge in [0.15, 0.2) is 0 Å². The van der Waals surface area contributed by atoms with E-state index in [1.807, 2.05) is 65.9 Å². The topological polar surface area (TPSA) is 67.2 Å². The molecule has 3 aromatic rings. The largest absolute Gasteiger partial charge is 0.339 e. The van der Waals surface area contributed by atoms with Gasteiger partial charge in [-0.3, -0.25) is 9.59 Å². The third kappa shape index (κ3) is 4.74. The van der Waals surface area contributed by atoms with E-state index in [1.165, 1.54) is 6.42 Å². The minimum absolute atomic E-state index is 0.00331. The van der Waals surface area contributed by atoms with Gasteiger partial charge in [-0.25, -0.2) is 4.68 Å². The first-order valence-corrected chi connectivity index (χ1v) is 11.3. The molecule has 0 spiro atoms. The Morgan fingerprint density at radius 2 is 1.62 bits per heavy atom. The third-order valence-electron chi connectivity index (χ3n) is 6.12. The number of carbonyl (C=O) groups excluding carboxylic acids is 2. The first-order valence-electron chi connectivity index (χ1n) is 11.3. The number of hydrogen-bond acceptors (Lipinski definition) is 3. The second-order valence-electron chi connectivity index (χ2n) is 8.34. The smallest absolute Gasteiger partial charge is 0.255 e. The molecule has 1 fully saturated rings. The van der Waals surface area contributed by atoms with Crippen LogP contribution in [0.4, 0.5) is 5.69 Å². The molecule has 1 N–H and O–H groups in total. The van der Waals surface area contributed by atoms with E-state index >= 15 is 0 Å². The summed E-state index contributed by atoms with van der Waals surface area (Å²) < 4.78 is 1.93. The average molecular weight is 431 g/mol. The fourth-order valence-corrected chi connectivity index (χ4v) is 4.35. The van der Waals surface area contributed by atoms with Crippen LogP contribution in [-0.2, 0) is 11.2 Å². The Bertz CT molecular complexity index is 1100. The van der Waals surface area contributed by atoms with Crippen molar-refractivity contribution < 1.29 is 9.59 Å². The molecule has 1 aromatic heterocycles. The molecular weight excluding hydrogens is 400 g/mol. The van der Waals surface area contributed by atoms with E-state index in [1.54, 1.807) is 12.1 Å². The van der Waals surface area contributed by atoms with Gasteiger partial charge in [-0.15, -0.1) is 0 Å². The Balaban J connectivity index is 1.43. The second-order valence-corrected chi connectivity index (χ2v) is 8.34. The van der Waals surface area contributed by atoms with Crippen LogP contribution in [0.3, 0.4) is 0 Å². The standard InChI is InChI=1S/C26H30N4O2/c1-19-22(20(2)30(28-19)21-11-5-3-6-12-21)15-16-25(31)27-24-14-8-7-13-23(24)26(32)29-17-9-4-10-18-29/h3,5-8,11-14H,4,9-10,15-18H2,1-2H3,(H,27,31). The summed E-state index contributed by atoms with van der Waals surface area (Å²) in [6, 6.07) is 17.3. The number of likely N-dealkylation sites (tertiary alicyclic amines) is 1. The molecular formula is C26H30N4O2. The maximum Gasteiger partial charge on any atom is 0.255 e. The van der Waals surface area contributed by atoms with Gasteiger partial charge in [-0.05, 0) is 69.4 Å². The van der Waals surface area contributed by atoms with E-state index in [0.717, 1.165) is 48.6 Å². The van der Waals surface area contributed by atoms with Crippen molar-refractivity contribution in [3.8, 4) is 5.69 Å². The Morgan fingerprint density at radius 1 is 0.938 bits per heavy atom. The summed E-state index contributed by atoms with van der Waals surface area (Å²) in [5.74, 6) is -0.105. The molecule has 1 aliphatic heterocycles. The summed E-state index contributed by atoms with van der Waals surface area (Å²) >= 11 is 0. The first kappa shape index (κ1) is 21.8. The minimum Gasteiger partial charge on any atom is -0.339 e. The summed E-state index contributed by atoms with van der Waals surface area (Å²) in [4.78, 5) is 27.6. The normalized spacial score (nSPS) is 13.8. The molecule has 2 aromatic carbocycles. The van der Waals surface area contributed by atoms with Crippen LogP contribution in [0.2, 0.25) is 0 Å². The lowest BCUT2D eigenvalue weighted by molar-refractivity contribution is -0.116. The van der Waals surface area contributed by atoms with Crippen molar-refractivity contribution >= 4 is 17.5 Å². The molecule has 0 aliphatic carbocycles. The second kappa shape index (κ2) is 9.81. The number of nitrogens with one attached hydrogen (secondary N) is 1. The van der Waals surface area contributed by atoms with Crippen molar-refractivity contribution in [3.63, 3.8) is 0 Å². The lowest BCUT2D eigenvalue weighted by atomic mass is 10.1. The molecule has 32 heavy (non-hydrogen) atoms. The van der Waals surface area contributed by atoms with Crippen molar-refractivity contribution in [3.05, 3.63) is 77.1 Å². The Morgan fingerprint density at radius 3 is 2.38 bits per heavy atom. The number of amides is 2. The number of aryl methyl sites for hydroxylation is 1. The molecule has 6 nitrogen and oxygen atoms in total. The van der Waals surface area contributed by atoms with Crippen LogP contribution >= 0.6 is 0 Å². The van der Waals surface area contributed by atoms with Gasteiger partial charge in [0.1, 0.15) is 0 Å². The van der Waals surface area contributed by atoms with Crippen LogP contribution < -0.4 is 5.32 Å². The molecule has 0 atom stereocenters. The predicted molar refractivity (Wildman–Crippen MR) is 126 cm³/mol. The van der Waals surface area contributed by atoms with Gasteiger partial charge in [0.05, 0.1) is 22.6 Å². The highest BCUT2D eigenvalue weighted by Gasteiger charge is 2.21. The highest BCUT2D eigenvalue weighted by atomic mass is 16.2. The quantitative estimate of drug-likeness (QED) is 0.617. The minimum atomic E-state index is -0.102. The van der Waals surface area contributed by atoms with Gasteiger partial charge in [0, 0.05) is 25.2 Å². The number of hydrogen-bond donors (Lipinski definition) is 1. The summed E-state index contributed by atoms with van der Waals surface area (Å²) in [5, 5.41) is 7.63. The molecule has 0 radical (unpaired) electrons. The van der Waals surface area contributed by atoms with E-state index in [-0.39, 0.29) is 11.8 Å². The number of benzene rings is 2. The monoisotopic (exact) mass is 430 g/mol. The van der Waals surface area contributed by atoms with Gasteiger partial charge >= 0.3 is 0 Å². The number of aromatic nitrogens is 2. The number of piperidine rings is 1. The summed E-state index contributed by atoms with van der Waals surface area (Å²) in [7, 11) is 0. The zero-order valence-electron chi connectivity index (χ0n) is 18.8. The SMILES string of the molecule is Cc1nn(-c2ccccc2)c(C)c1CCC(=O)Nc1ccccc1C(=O)N1CCCCC1. The first-order chi connectivity index (χ1) is 15.5. The van der Waals surface area contributed by atoms with Crippen molar-refractivity contribution in [2.75, 3.05) is 18.4 Å². The summed E-state index contributed by atoms with van der Waals surface area (Å²) in [5.41, 5.74) is 5.21. The lowest BCUT2D eigenvalue weighted by Crippen LogP contribution is -2.36. The van der Waals surface area contributed by atoms with Crippen LogP contribution in [0.15, 0.2) is 54.6 Å². The van der Waals surface area contributed by atoms with Crippen LogP contribution in [0.5, 0.6) is 0 Å². The van der Waals surface area contributed by atoms with Crippen molar-refractivity contribution in [2.45, 2.75) is 46.0 Å². The van der Waals surface area contributed by atoms with E-state index in [0.29, 0.717) is 24.1 Å². The molecule has 4 rings (SSSR count). The van der Waals surface area contributed by atoms with Crippen LogP contribution in [0, 0.1) is 13.8 Å². The highest BCUT2D eigenvalue weighted by Crippen LogP contribution is 2.22. The molecule has 0 bridgehead atoms. The van der Waals surface area contributed by atoms with E-state index in [9.17, 15) is 9.59 Å². The lowest BCUT2D eigenvalue weighted by Gasteiger charge is -2.27. The van der Waals surface area contributed by atoms with Gasteiger partial charge in [-0.2, -0.15) is 5.10 Å². The molecule has 0 saturated carbocycles. The molecule has 0 unspecified atom stereocenters. The highest BCUT2D eigenvalue weighted by molar-refractivity contribution is 6.03. The van der Waals surface area contributed by atoms with Gasteiger partial charge < -0.3 is 10.2 Å². The maximum atomic E-state index is 13.0. The Hall–Kier alpha value is -3.41. The van der Waals surface area contributed by atoms with Crippen molar-refractivity contribution in [1.29, 1.82) is 0 Å². The average Bonchev–Trinajstić information content (AvgIpc) is 3.12. The van der Waals surface area contributed by atoms with E-state index in [4.69, 9.17) is 0 Å². The van der Waals surface area contributed by atoms with Crippen molar-refractivity contribution in [1.82, 2.24) is 14.7 Å². The predicted octanol–water partition coefficient (Wildman–Crippen LogP) is 4.69. The summed E-state index contributed by atoms with van der Waals surface area (Å²) in [6.07, 6.45) is 4.17. The van der Waals surface area contributed by atoms with Gasteiger partial charge in [0.25, 0.3) is 5.91 Å². The third-order valence-corrected chi connectivity index (χ3v) is 6.12. The van der Waals surface area contributed by atoms with Crippen LogP contribution in [0.1, 0.15) is 53.0 Å². The molecule has 166 valence electrons. The molecule has 1 aliphatic rings. The molecule has 2 amide bonds. The number of rotatable bonds is 6. The fourth-order valence-electron chi connectivity index (χ4n) is 4.35. The summed E-state index contributed by atoms with van der Waals surface area (Å²) in [6.45, 7) is 5.58. The van der Waals surface area contributed by atoms with E-state index in [2.05, 4.69) is 10.4 Å². The van der Waals surface area contributed by atoms with Crippen LogP contribution in [0.25, 0.3) is 5.69 Å². The number of nitrogens with zero attached hydrogens (tertiary/aromatic N) is 3. The van der Waals surface area contributed by atoms with E-state index < -0.39 is 0 Å². The zero-order chi connectivity index (χ0) is 22.5. The Kier molecular flexibility index (Phi) is 6.69. The number of para-hydroxylation sites is 2. The maximum absolute atomic E-state index is 13.0. The molecule has 2 heterocycles. The fraction of sp³-hybridized carbons (Fsp3) is 0.346. The number of carbonyl (C=O) groups is 2. The molecule has 6 heteroatoms. The number of anilines is 1. The molecule has 1 saturated heterocycles. The zero-order valence-corrected chi connectivity index (χ0v) is 18.8. The van der Waals surface area contributed by atoms with Gasteiger partial charge in [-0.1, -0.05) is 30.3 Å². The van der Waals surface area contributed by atoms with Crippen LogP contribution in [-0.4, -0.2) is 39.6 Å². The van der Waals surface area contributed by atoms with Gasteiger partial charge in [0.2, 0.25) is 5.91 Å². The van der Waals surface area contributed by atoms with Crippen molar-refractivity contribution in [2.24, 2.45) is 0 Å². The Labute approximate surface area is 189 Å².